The summed E-state index contributed by atoms with van der Waals surface area (Å²) < 4.78 is 1.84. The van der Waals surface area contributed by atoms with Crippen LogP contribution < -0.4 is 5.73 Å². The average molecular weight is 254 g/mol. The van der Waals surface area contributed by atoms with E-state index in [4.69, 9.17) is 17.3 Å². The number of halogens is 1. The summed E-state index contributed by atoms with van der Waals surface area (Å²) in [5.74, 6) is 0.122. The molecule has 1 fully saturated rings. The molecule has 0 radical (unpaired) electrons. The predicted octanol–water partition coefficient (Wildman–Crippen LogP) is 1.15. The smallest absolute Gasteiger partial charge is 0.223 e. The number of nitrogen functional groups attached to an aromatic ring is 1. The van der Waals surface area contributed by atoms with Gasteiger partial charge in [-0.2, -0.15) is 9.97 Å². The van der Waals surface area contributed by atoms with Crippen LogP contribution in [0.3, 0.4) is 0 Å². The molecule has 2 heterocycles. The first-order chi connectivity index (χ1) is 8.16. The molecule has 0 spiro atoms. The largest absolute Gasteiger partial charge is 0.391 e. The second kappa shape index (κ2) is 3.82. The molecule has 2 atom stereocenters. The molecule has 3 rings (SSSR count). The minimum atomic E-state index is -0.359. The van der Waals surface area contributed by atoms with Crippen molar-refractivity contribution in [2.45, 2.75) is 31.4 Å². The molecule has 17 heavy (non-hydrogen) atoms. The van der Waals surface area contributed by atoms with E-state index in [2.05, 4.69) is 15.0 Å². The lowest BCUT2D eigenvalue weighted by Crippen LogP contribution is -2.18. The van der Waals surface area contributed by atoms with Gasteiger partial charge in [0.15, 0.2) is 10.8 Å². The van der Waals surface area contributed by atoms with Gasteiger partial charge in [-0.1, -0.05) is 11.6 Å². The zero-order chi connectivity index (χ0) is 12.0. The Labute approximate surface area is 102 Å². The fourth-order valence-electron chi connectivity index (χ4n) is 2.39. The minimum absolute atomic E-state index is 0.00497. The van der Waals surface area contributed by atoms with Gasteiger partial charge in [0.05, 0.1) is 18.5 Å². The number of nitrogens with two attached hydrogens (primary N) is 1. The van der Waals surface area contributed by atoms with Crippen LogP contribution in [0.2, 0.25) is 5.15 Å². The van der Waals surface area contributed by atoms with E-state index in [0.29, 0.717) is 11.2 Å². The maximum Gasteiger partial charge on any atom is 0.223 e. The van der Waals surface area contributed by atoms with Crippen molar-refractivity contribution in [3.63, 3.8) is 0 Å². The summed E-state index contributed by atoms with van der Waals surface area (Å²) in [5, 5.41) is 10.2. The fourth-order valence-corrected chi connectivity index (χ4v) is 2.61. The number of imidazole rings is 1. The molecule has 2 aromatic rings. The second-order valence-corrected chi connectivity index (χ2v) is 4.62. The summed E-state index contributed by atoms with van der Waals surface area (Å²) in [6.45, 7) is 0. The Morgan fingerprint density at radius 2 is 2.24 bits per heavy atom. The predicted molar refractivity (Wildman–Crippen MR) is 63.6 cm³/mol. The van der Waals surface area contributed by atoms with Crippen molar-refractivity contribution >= 4 is 28.7 Å². The van der Waals surface area contributed by atoms with Gasteiger partial charge in [0.2, 0.25) is 5.95 Å². The maximum absolute atomic E-state index is 9.90. The van der Waals surface area contributed by atoms with E-state index in [1.807, 2.05) is 4.57 Å². The number of aliphatic hydroxyl groups excluding tert-OH is 1. The second-order valence-electron chi connectivity index (χ2n) is 4.26. The number of fused-ring (bicyclic) bond motifs is 1. The normalized spacial score (nSPS) is 24.6. The van der Waals surface area contributed by atoms with Gasteiger partial charge in [0.25, 0.3) is 0 Å². The van der Waals surface area contributed by atoms with E-state index in [-0.39, 0.29) is 23.2 Å². The molecule has 6 nitrogen and oxygen atoms in total. The molecule has 7 heteroatoms. The van der Waals surface area contributed by atoms with E-state index >= 15 is 0 Å². The van der Waals surface area contributed by atoms with Gasteiger partial charge in [-0.25, -0.2) is 4.98 Å². The van der Waals surface area contributed by atoms with Crippen molar-refractivity contribution in [2.75, 3.05) is 5.73 Å². The molecule has 90 valence electrons. The monoisotopic (exact) mass is 253 g/mol. The first kappa shape index (κ1) is 10.7. The standard InChI is InChI=1S/C10H12ClN5O/c11-8-7-9(15-10(12)14-8)16(4-13-7)5-2-1-3-6(5)17/h4-6,17H,1-3H2,(H2,12,14,15)/t5-,6-/m1/s1. The van der Waals surface area contributed by atoms with Gasteiger partial charge in [0, 0.05) is 0 Å². The lowest BCUT2D eigenvalue weighted by atomic mass is 10.2. The highest BCUT2D eigenvalue weighted by Gasteiger charge is 2.28. The average Bonchev–Trinajstić information content (AvgIpc) is 2.84. The van der Waals surface area contributed by atoms with Gasteiger partial charge in [-0.05, 0) is 19.3 Å². The van der Waals surface area contributed by atoms with Crippen molar-refractivity contribution in [3.8, 4) is 0 Å². The third-order valence-corrected chi connectivity index (χ3v) is 3.46. The number of nitrogens with zero attached hydrogens (tertiary/aromatic N) is 4. The quantitative estimate of drug-likeness (QED) is 0.744. The molecule has 1 saturated carbocycles. The van der Waals surface area contributed by atoms with Crippen molar-refractivity contribution in [2.24, 2.45) is 0 Å². The van der Waals surface area contributed by atoms with Gasteiger partial charge >= 0.3 is 0 Å². The third kappa shape index (κ3) is 1.64. The topological polar surface area (TPSA) is 89.8 Å². The lowest BCUT2D eigenvalue weighted by Gasteiger charge is -2.16. The van der Waals surface area contributed by atoms with Crippen LogP contribution in [0.4, 0.5) is 5.95 Å². The fraction of sp³-hybridized carbons (Fsp3) is 0.500. The summed E-state index contributed by atoms with van der Waals surface area (Å²) in [7, 11) is 0. The summed E-state index contributed by atoms with van der Waals surface area (Å²) in [4.78, 5) is 12.2. The van der Waals surface area contributed by atoms with Crippen LogP contribution in [-0.4, -0.2) is 30.7 Å². The Balaban J connectivity index is 2.17. The first-order valence-electron chi connectivity index (χ1n) is 5.50. The summed E-state index contributed by atoms with van der Waals surface area (Å²) >= 11 is 5.95. The van der Waals surface area contributed by atoms with Crippen molar-refractivity contribution < 1.29 is 5.11 Å². The molecule has 0 aromatic carbocycles. The zero-order valence-electron chi connectivity index (χ0n) is 9.04. The molecule has 1 aliphatic rings. The Morgan fingerprint density at radius 1 is 1.41 bits per heavy atom. The Bertz CT molecular complexity index is 569. The summed E-state index contributed by atoms with van der Waals surface area (Å²) in [6.07, 6.45) is 4.00. The Kier molecular flexibility index (Phi) is 2.41. The van der Waals surface area contributed by atoms with Gasteiger partial charge in [-0.15, -0.1) is 0 Å². The van der Waals surface area contributed by atoms with Crippen LogP contribution in [0.25, 0.3) is 11.2 Å². The number of rotatable bonds is 1. The zero-order valence-corrected chi connectivity index (χ0v) is 9.80. The number of aliphatic hydroxyl groups is 1. The van der Waals surface area contributed by atoms with Crippen LogP contribution in [0, 0.1) is 0 Å². The van der Waals surface area contributed by atoms with E-state index < -0.39 is 0 Å². The van der Waals surface area contributed by atoms with E-state index in [1.54, 1.807) is 6.33 Å². The molecular formula is C10H12ClN5O. The highest BCUT2D eigenvalue weighted by Crippen LogP contribution is 2.33. The lowest BCUT2D eigenvalue weighted by molar-refractivity contribution is 0.138. The molecule has 0 bridgehead atoms. The minimum Gasteiger partial charge on any atom is -0.391 e. The third-order valence-electron chi connectivity index (χ3n) is 3.20. The SMILES string of the molecule is Nc1nc(Cl)c2ncn([C@@H]3CCC[C@H]3O)c2n1. The summed E-state index contributed by atoms with van der Waals surface area (Å²) in [6, 6.07) is 0.00497. The highest BCUT2D eigenvalue weighted by atomic mass is 35.5. The maximum atomic E-state index is 9.90. The van der Waals surface area contributed by atoms with Gasteiger partial charge < -0.3 is 15.4 Å². The number of anilines is 1. The van der Waals surface area contributed by atoms with Crippen LogP contribution >= 0.6 is 11.6 Å². The van der Waals surface area contributed by atoms with E-state index in [0.717, 1.165) is 19.3 Å². The highest BCUT2D eigenvalue weighted by molar-refractivity contribution is 6.33. The molecule has 0 unspecified atom stereocenters. The van der Waals surface area contributed by atoms with E-state index in [9.17, 15) is 5.11 Å². The molecule has 1 aliphatic carbocycles. The Hall–Kier alpha value is -1.40. The van der Waals surface area contributed by atoms with Crippen LogP contribution in [0.15, 0.2) is 6.33 Å². The van der Waals surface area contributed by atoms with Crippen molar-refractivity contribution in [1.29, 1.82) is 0 Å². The Morgan fingerprint density at radius 3 is 2.94 bits per heavy atom. The molecule has 0 aliphatic heterocycles. The summed E-state index contributed by atoms with van der Waals surface area (Å²) in [5.41, 5.74) is 6.69. The molecular weight excluding hydrogens is 242 g/mol. The van der Waals surface area contributed by atoms with Gasteiger partial charge in [0.1, 0.15) is 5.52 Å². The molecule has 0 saturated heterocycles. The van der Waals surface area contributed by atoms with Crippen LogP contribution in [-0.2, 0) is 0 Å². The number of hydrogen-bond donors (Lipinski definition) is 2. The first-order valence-corrected chi connectivity index (χ1v) is 5.88. The van der Waals surface area contributed by atoms with E-state index in [1.165, 1.54) is 0 Å². The number of aromatic nitrogens is 4. The van der Waals surface area contributed by atoms with Gasteiger partial charge in [-0.3, -0.25) is 0 Å². The van der Waals surface area contributed by atoms with Crippen LogP contribution in [0.5, 0.6) is 0 Å². The van der Waals surface area contributed by atoms with Crippen molar-refractivity contribution in [1.82, 2.24) is 19.5 Å². The number of hydrogen-bond acceptors (Lipinski definition) is 5. The molecule has 2 aromatic heterocycles. The molecule has 3 N–H and O–H groups in total. The van der Waals surface area contributed by atoms with Crippen LogP contribution in [0.1, 0.15) is 25.3 Å². The molecule has 0 amide bonds. The van der Waals surface area contributed by atoms with Crippen molar-refractivity contribution in [3.05, 3.63) is 11.5 Å².